The van der Waals surface area contributed by atoms with Gasteiger partial charge in [-0.05, 0) is 111 Å². The van der Waals surface area contributed by atoms with Crippen molar-refractivity contribution in [3.63, 3.8) is 0 Å². The monoisotopic (exact) mass is 723 g/mol. The quantitative estimate of drug-likeness (QED) is 0.0983. The van der Waals surface area contributed by atoms with E-state index < -0.39 is 0 Å². The smallest absolute Gasteiger partial charge is 0.119 e. The molecule has 0 amide bonds. The molecule has 3 fully saturated rings. The van der Waals surface area contributed by atoms with Crippen LogP contribution in [0.25, 0.3) is 39.0 Å². The fourth-order valence-corrected chi connectivity index (χ4v) is 7.03. The molecular formula is C49H41NO5. The van der Waals surface area contributed by atoms with Crippen molar-refractivity contribution in [2.75, 3.05) is 37.9 Å². The first kappa shape index (κ1) is 33.6. The second-order valence-corrected chi connectivity index (χ2v) is 14.6. The van der Waals surface area contributed by atoms with E-state index >= 15 is 0 Å². The van der Waals surface area contributed by atoms with Gasteiger partial charge in [0.2, 0.25) is 0 Å². The van der Waals surface area contributed by atoms with Crippen LogP contribution in [0.15, 0.2) is 163 Å². The average molecular weight is 724 g/mol. The normalized spacial score (nSPS) is 19.1. The van der Waals surface area contributed by atoms with Gasteiger partial charge in [0.05, 0.1) is 25.9 Å². The number of hydrogen-bond acceptors (Lipinski definition) is 6. The molecule has 6 nitrogen and oxygen atoms in total. The first-order valence-electron chi connectivity index (χ1n) is 19.1. The second-order valence-electron chi connectivity index (χ2n) is 14.6. The molecule has 4 aliphatic rings. The number of rotatable bonds is 15. The predicted molar refractivity (Wildman–Crippen MR) is 218 cm³/mol. The summed E-state index contributed by atoms with van der Waals surface area (Å²) in [6.45, 7) is 3.68. The Morgan fingerprint density at radius 1 is 0.400 bits per heavy atom. The number of nitrogens with zero attached hydrogens (tertiary/aromatic N) is 1. The topological polar surface area (TPSA) is 59.3 Å². The fourth-order valence-electron chi connectivity index (χ4n) is 7.03. The summed E-state index contributed by atoms with van der Waals surface area (Å²) in [6.07, 6.45) is 6.51. The molecule has 6 aromatic rings. The summed E-state index contributed by atoms with van der Waals surface area (Å²) in [5.41, 5.74) is 14.1. The zero-order valence-corrected chi connectivity index (χ0v) is 30.5. The third-order valence-electron chi connectivity index (χ3n) is 10.5. The van der Waals surface area contributed by atoms with Crippen LogP contribution in [0.2, 0.25) is 0 Å². The van der Waals surface area contributed by atoms with Crippen molar-refractivity contribution >= 4 is 22.6 Å². The Balaban J connectivity index is 0.892. The van der Waals surface area contributed by atoms with Gasteiger partial charge in [-0.25, -0.2) is 0 Å². The van der Waals surface area contributed by atoms with Gasteiger partial charge in [0.15, 0.2) is 0 Å². The van der Waals surface area contributed by atoms with Gasteiger partial charge in [-0.1, -0.05) is 97.1 Å². The van der Waals surface area contributed by atoms with Crippen LogP contribution in [0, 0.1) is 0 Å². The van der Waals surface area contributed by atoms with Gasteiger partial charge < -0.3 is 28.6 Å². The van der Waals surface area contributed by atoms with Crippen LogP contribution in [0.1, 0.15) is 12.0 Å². The number of epoxide rings is 3. The van der Waals surface area contributed by atoms with Gasteiger partial charge in [-0.2, -0.15) is 0 Å². The van der Waals surface area contributed by atoms with Crippen LogP contribution >= 0.6 is 0 Å². The average Bonchev–Trinajstić information content (AvgIpc) is 4.08. The number of ether oxygens (including phenoxy) is 5. The Morgan fingerprint density at radius 3 is 1.05 bits per heavy atom. The van der Waals surface area contributed by atoms with Gasteiger partial charge in [0, 0.05) is 23.5 Å². The maximum absolute atomic E-state index is 5.86. The van der Waals surface area contributed by atoms with Gasteiger partial charge in [0.1, 0.15) is 36.9 Å². The Morgan fingerprint density at radius 2 is 0.709 bits per heavy atom. The molecule has 0 N–H and O–H groups in total. The van der Waals surface area contributed by atoms with E-state index in [2.05, 4.69) is 138 Å². The van der Waals surface area contributed by atoms with E-state index in [4.69, 9.17) is 23.7 Å². The lowest BCUT2D eigenvalue weighted by molar-refractivity contribution is 0.263. The minimum absolute atomic E-state index is 0.238. The van der Waals surface area contributed by atoms with Crippen LogP contribution in [0.4, 0.5) is 17.1 Å². The molecular weight excluding hydrogens is 683 g/mol. The molecule has 0 radical (unpaired) electrons. The lowest BCUT2D eigenvalue weighted by Gasteiger charge is -2.26. The molecule has 0 bridgehead atoms. The molecule has 0 saturated carbocycles. The fraction of sp³-hybridized carbons (Fsp3) is 0.184. The van der Waals surface area contributed by atoms with Crippen molar-refractivity contribution in [2.45, 2.75) is 24.7 Å². The molecule has 6 aromatic carbocycles. The number of benzene rings is 6. The summed E-state index contributed by atoms with van der Waals surface area (Å²) in [7, 11) is 0. The van der Waals surface area contributed by atoms with Crippen molar-refractivity contribution in [1.29, 1.82) is 0 Å². The molecule has 0 aromatic heterocycles. The Hall–Kier alpha value is -5.92. The van der Waals surface area contributed by atoms with E-state index in [0.29, 0.717) is 19.3 Å². The van der Waals surface area contributed by atoms with E-state index in [1.165, 1.54) is 27.8 Å². The van der Waals surface area contributed by atoms with Crippen LogP contribution in [-0.4, -0.2) is 51.3 Å². The third-order valence-corrected chi connectivity index (χ3v) is 10.5. The summed E-state index contributed by atoms with van der Waals surface area (Å²) >= 11 is 0. The number of hydrogen-bond donors (Lipinski definition) is 0. The number of allylic oxidation sites excluding steroid dienone is 3. The Kier molecular flexibility index (Phi) is 9.00. The predicted octanol–water partition coefficient (Wildman–Crippen LogP) is 10.8. The number of anilines is 3. The summed E-state index contributed by atoms with van der Waals surface area (Å²) < 4.78 is 27.6. The molecule has 3 unspecified atom stereocenters. The maximum Gasteiger partial charge on any atom is 0.119 e. The molecule has 3 heterocycles. The molecule has 3 atom stereocenters. The van der Waals surface area contributed by atoms with Gasteiger partial charge in [-0.3, -0.25) is 0 Å². The second kappa shape index (κ2) is 14.7. The Labute approximate surface area is 321 Å². The van der Waals surface area contributed by atoms with Crippen molar-refractivity contribution < 1.29 is 23.7 Å². The van der Waals surface area contributed by atoms with Crippen LogP contribution in [0.3, 0.4) is 0 Å². The minimum atomic E-state index is 0.238. The maximum atomic E-state index is 5.86. The standard InChI is InChI=1S/C49H41NO5/c1-3-40(41-25-33(26-41)27-47-28-53-47)4-2-34(1)35-5-15-42(16-6-35)50(43-17-7-36(8-18-43)38-11-21-45(22-12-38)51-29-48-31-54-48)44-19-9-37(10-20-44)39-13-23-46(24-14-39)52-30-49-32-55-49/h1-26,47-49H,27-32H2. The van der Waals surface area contributed by atoms with E-state index in [1.807, 2.05) is 24.3 Å². The highest BCUT2D eigenvalue weighted by molar-refractivity contribution is 5.85. The van der Waals surface area contributed by atoms with Crippen LogP contribution in [-0.2, 0) is 14.2 Å². The van der Waals surface area contributed by atoms with Crippen LogP contribution < -0.4 is 14.4 Å². The molecule has 10 rings (SSSR count). The van der Waals surface area contributed by atoms with Crippen molar-refractivity contribution in [3.05, 3.63) is 169 Å². The van der Waals surface area contributed by atoms with Crippen LogP contribution in [0.5, 0.6) is 11.5 Å². The molecule has 55 heavy (non-hydrogen) atoms. The third kappa shape index (κ3) is 7.98. The summed E-state index contributed by atoms with van der Waals surface area (Å²) in [5.74, 6) is 1.72. The van der Waals surface area contributed by atoms with Gasteiger partial charge in [0.25, 0.3) is 0 Å². The minimum Gasteiger partial charge on any atom is -0.491 e. The lowest BCUT2D eigenvalue weighted by atomic mass is 9.90. The highest BCUT2D eigenvalue weighted by Crippen LogP contribution is 2.39. The molecule has 3 saturated heterocycles. The van der Waals surface area contributed by atoms with E-state index in [0.717, 1.165) is 77.1 Å². The zero-order chi connectivity index (χ0) is 36.6. The lowest BCUT2D eigenvalue weighted by Crippen LogP contribution is -2.09. The van der Waals surface area contributed by atoms with Crippen molar-refractivity contribution in [2.24, 2.45) is 0 Å². The zero-order valence-electron chi connectivity index (χ0n) is 30.5. The van der Waals surface area contributed by atoms with Crippen molar-refractivity contribution in [1.82, 2.24) is 0 Å². The summed E-state index contributed by atoms with van der Waals surface area (Å²) in [4.78, 5) is 2.31. The first-order chi connectivity index (χ1) is 27.2. The van der Waals surface area contributed by atoms with Crippen molar-refractivity contribution in [3.8, 4) is 44.9 Å². The van der Waals surface area contributed by atoms with E-state index in [9.17, 15) is 0 Å². The summed E-state index contributed by atoms with van der Waals surface area (Å²) in [6, 6.07) is 51.9. The van der Waals surface area contributed by atoms with E-state index in [1.54, 1.807) is 0 Å². The SMILES string of the molecule is C1=C(CC2CO2)C=C1c1ccc(-c2ccc(N(c3ccc(-c4ccc(OCC5CO5)cc4)cc3)c3ccc(-c4ccc(OCC5CO5)cc4)cc3)cc2)cc1. The van der Waals surface area contributed by atoms with E-state index in [-0.39, 0.29) is 12.2 Å². The first-order valence-corrected chi connectivity index (χ1v) is 19.1. The Bertz CT molecular complexity index is 2210. The summed E-state index contributed by atoms with van der Waals surface area (Å²) in [5, 5.41) is 0. The highest BCUT2D eigenvalue weighted by atomic mass is 16.6. The highest BCUT2D eigenvalue weighted by Gasteiger charge is 2.26. The molecule has 0 spiro atoms. The largest absolute Gasteiger partial charge is 0.491 e. The van der Waals surface area contributed by atoms with Gasteiger partial charge in [-0.15, -0.1) is 0 Å². The molecule has 6 heteroatoms. The molecule has 272 valence electrons. The molecule has 3 aliphatic heterocycles. The molecule has 1 aliphatic carbocycles. The van der Waals surface area contributed by atoms with Gasteiger partial charge >= 0.3 is 0 Å².